The molecule has 0 bridgehead atoms. The number of ketones is 1. The second-order valence-corrected chi connectivity index (χ2v) is 6.13. The number of hydrogen-bond acceptors (Lipinski definition) is 6. The van der Waals surface area contributed by atoms with Crippen molar-refractivity contribution in [1.29, 1.82) is 0 Å². The number of benzene rings is 2. The minimum Gasteiger partial charge on any atom is -0.407 e. The predicted molar refractivity (Wildman–Crippen MR) is 102 cm³/mol. The Labute approximate surface area is 164 Å². The summed E-state index contributed by atoms with van der Waals surface area (Å²) >= 11 is 5.89. The molecule has 0 aliphatic carbocycles. The molecule has 0 fully saturated rings. The van der Waals surface area contributed by atoms with Gasteiger partial charge in [-0.05, 0) is 42.5 Å². The number of nitrogens with zero attached hydrogens (tertiary/aromatic N) is 3. The first kappa shape index (κ1) is 19.2. The van der Waals surface area contributed by atoms with E-state index in [2.05, 4.69) is 14.7 Å². The van der Waals surface area contributed by atoms with Gasteiger partial charge < -0.3 is 15.4 Å². The SMILES string of the molecule is CN(c1ccc(Cl)cc1)c1cnc(C(=O)c2ccc(F)c(OC(N)=O)c2)nc1. The molecular formula is C19H14ClFN4O3. The van der Waals surface area contributed by atoms with Crippen LogP contribution in [-0.2, 0) is 0 Å². The number of rotatable bonds is 5. The van der Waals surface area contributed by atoms with E-state index in [1.807, 2.05) is 24.1 Å². The van der Waals surface area contributed by atoms with Gasteiger partial charge in [0.25, 0.3) is 0 Å². The Morgan fingerprint density at radius 3 is 2.32 bits per heavy atom. The second kappa shape index (κ2) is 8.01. The molecule has 1 amide bonds. The molecule has 0 aliphatic heterocycles. The van der Waals surface area contributed by atoms with Gasteiger partial charge in [-0.15, -0.1) is 0 Å². The third kappa shape index (κ3) is 4.24. The summed E-state index contributed by atoms with van der Waals surface area (Å²) in [5, 5.41) is 0.619. The highest BCUT2D eigenvalue weighted by Gasteiger charge is 2.17. The van der Waals surface area contributed by atoms with Crippen molar-refractivity contribution in [3.8, 4) is 5.75 Å². The number of aromatic nitrogens is 2. The lowest BCUT2D eigenvalue weighted by Gasteiger charge is -2.18. The number of nitrogens with two attached hydrogens (primary N) is 1. The quantitative estimate of drug-likeness (QED) is 0.655. The summed E-state index contributed by atoms with van der Waals surface area (Å²) in [5.74, 6) is -1.92. The molecule has 28 heavy (non-hydrogen) atoms. The molecule has 2 aromatic carbocycles. The summed E-state index contributed by atoms with van der Waals surface area (Å²) < 4.78 is 18.2. The maximum atomic E-state index is 13.6. The smallest absolute Gasteiger partial charge is 0.407 e. The van der Waals surface area contributed by atoms with Gasteiger partial charge in [0.05, 0.1) is 18.1 Å². The first-order chi connectivity index (χ1) is 13.3. The van der Waals surface area contributed by atoms with E-state index in [0.717, 1.165) is 17.8 Å². The lowest BCUT2D eigenvalue weighted by Crippen LogP contribution is -2.17. The average molecular weight is 401 g/mol. The number of carbonyl (C=O) groups excluding carboxylic acids is 2. The molecule has 0 spiro atoms. The Bertz CT molecular complexity index is 1030. The largest absolute Gasteiger partial charge is 0.410 e. The Morgan fingerprint density at radius 1 is 1.07 bits per heavy atom. The van der Waals surface area contributed by atoms with Gasteiger partial charge in [-0.25, -0.2) is 19.2 Å². The number of halogens is 2. The number of ether oxygens (including phenoxy) is 1. The molecular weight excluding hydrogens is 387 g/mol. The van der Waals surface area contributed by atoms with E-state index in [9.17, 15) is 14.0 Å². The van der Waals surface area contributed by atoms with Crippen LogP contribution in [0.4, 0.5) is 20.6 Å². The summed E-state index contributed by atoms with van der Waals surface area (Å²) in [4.78, 5) is 33.3. The first-order valence-electron chi connectivity index (χ1n) is 7.98. The number of amides is 1. The number of anilines is 2. The van der Waals surface area contributed by atoms with Crippen LogP contribution >= 0.6 is 11.6 Å². The molecule has 142 valence electrons. The highest BCUT2D eigenvalue weighted by Crippen LogP contribution is 2.24. The molecule has 3 rings (SSSR count). The van der Waals surface area contributed by atoms with Gasteiger partial charge in [0, 0.05) is 23.3 Å². The highest BCUT2D eigenvalue weighted by atomic mass is 35.5. The van der Waals surface area contributed by atoms with Crippen molar-refractivity contribution in [2.24, 2.45) is 5.73 Å². The van der Waals surface area contributed by atoms with Gasteiger partial charge >= 0.3 is 6.09 Å². The maximum Gasteiger partial charge on any atom is 0.410 e. The van der Waals surface area contributed by atoms with Gasteiger partial charge in [0.1, 0.15) is 0 Å². The van der Waals surface area contributed by atoms with Crippen molar-refractivity contribution in [2.45, 2.75) is 0 Å². The fourth-order valence-electron chi connectivity index (χ4n) is 2.39. The van der Waals surface area contributed by atoms with Crippen LogP contribution in [0.5, 0.6) is 5.75 Å². The van der Waals surface area contributed by atoms with Gasteiger partial charge in [-0.3, -0.25) is 4.79 Å². The molecule has 0 saturated carbocycles. The Balaban J connectivity index is 1.82. The Morgan fingerprint density at radius 2 is 1.71 bits per heavy atom. The van der Waals surface area contributed by atoms with Crippen LogP contribution in [0.3, 0.4) is 0 Å². The zero-order chi connectivity index (χ0) is 20.3. The van der Waals surface area contributed by atoms with Crippen LogP contribution < -0.4 is 15.4 Å². The number of primary amides is 1. The van der Waals surface area contributed by atoms with Crippen LogP contribution in [0.2, 0.25) is 5.02 Å². The predicted octanol–water partition coefficient (Wildman–Crippen LogP) is 3.73. The van der Waals surface area contributed by atoms with E-state index >= 15 is 0 Å². The van der Waals surface area contributed by atoms with Gasteiger partial charge in [0.15, 0.2) is 11.6 Å². The minimum atomic E-state index is -1.19. The fraction of sp³-hybridized carbons (Fsp3) is 0.0526. The van der Waals surface area contributed by atoms with Gasteiger partial charge in [-0.2, -0.15) is 0 Å². The van der Waals surface area contributed by atoms with Crippen molar-refractivity contribution in [3.63, 3.8) is 0 Å². The van der Waals surface area contributed by atoms with Crippen LogP contribution in [0, 0.1) is 5.82 Å². The molecule has 1 heterocycles. The number of carbonyl (C=O) groups is 2. The molecule has 0 radical (unpaired) electrons. The van der Waals surface area contributed by atoms with Gasteiger partial charge in [-0.1, -0.05) is 11.6 Å². The van der Waals surface area contributed by atoms with Crippen molar-refractivity contribution < 1.29 is 18.7 Å². The molecule has 2 N–H and O–H groups in total. The number of hydrogen-bond donors (Lipinski definition) is 1. The van der Waals surface area contributed by atoms with E-state index in [1.54, 1.807) is 12.1 Å². The third-order valence-corrected chi connectivity index (χ3v) is 4.10. The van der Waals surface area contributed by atoms with E-state index < -0.39 is 23.4 Å². The van der Waals surface area contributed by atoms with E-state index in [1.165, 1.54) is 18.5 Å². The van der Waals surface area contributed by atoms with Crippen molar-refractivity contribution >= 4 is 34.9 Å². The molecule has 0 unspecified atom stereocenters. The summed E-state index contributed by atoms with van der Waals surface area (Å²) in [7, 11) is 1.82. The standard InChI is InChI=1S/C19H14ClFN4O3/c1-25(13-5-3-12(20)4-6-13)14-9-23-18(24-10-14)17(26)11-2-7-15(21)16(8-11)28-19(22)27/h2-10H,1H3,(H2,22,27). The first-order valence-corrected chi connectivity index (χ1v) is 8.36. The second-order valence-electron chi connectivity index (χ2n) is 5.70. The molecule has 0 aliphatic rings. The minimum absolute atomic E-state index is 0.0523. The summed E-state index contributed by atoms with van der Waals surface area (Å²) in [6.45, 7) is 0. The van der Waals surface area contributed by atoms with Crippen LogP contribution in [-0.4, -0.2) is 28.9 Å². The molecule has 0 saturated heterocycles. The zero-order valence-electron chi connectivity index (χ0n) is 14.6. The molecule has 3 aromatic rings. The fourth-order valence-corrected chi connectivity index (χ4v) is 2.51. The summed E-state index contributed by atoms with van der Waals surface area (Å²) in [6, 6.07) is 10.5. The third-order valence-electron chi connectivity index (χ3n) is 3.85. The normalized spacial score (nSPS) is 10.4. The van der Waals surface area contributed by atoms with E-state index in [-0.39, 0.29) is 11.4 Å². The topological polar surface area (TPSA) is 98.4 Å². The summed E-state index contributed by atoms with van der Waals surface area (Å²) in [6.07, 6.45) is 1.78. The van der Waals surface area contributed by atoms with Crippen LogP contribution in [0.15, 0.2) is 54.9 Å². The van der Waals surface area contributed by atoms with Crippen LogP contribution in [0.25, 0.3) is 0 Å². The zero-order valence-corrected chi connectivity index (χ0v) is 15.4. The van der Waals surface area contributed by atoms with Crippen LogP contribution in [0.1, 0.15) is 16.2 Å². The molecule has 9 heteroatoms. The van der Waals surface area contributed by atoms with Crippen molar-refractivity contribution in [2.75, 3.05) is 11.9 Å². The summed E-state index contributed by atoms with van der Waals surface area (Å²) in [5.41, 5.74) is 6.44. The van der Waals surface area contributed by atoms with E-state index in [4.69, 9.17) is 17.3 Å². The molecule has 1 aromatic heterocycles. The lowest BCUT2D eigenvalue weighted by atomic mass is 10.1. The average Bonchev–Trinajstić information content (AvgIpc) is 2.69. The monoisotopic (exact) mass is 400 g/mol. The lowest BCUT2D eigenvalue weighted by molar-refractivity contribution is 0.102. The molecule has 0 atom stereocenters. The Kier molecular flexibility index (Phi) is 5.51. The van der Waals surface area contributed by atoms with Gasteiger partial charge in [0.2, 0.25) is 11.6 Å². The van der Waals surface area contributed by atoms with Crippen molar-refractivity contribution in [3.05, 3.63) is 77.1 Å². The maximum absolute atomic E-state index is 13.6. The highest BCUT2D eigenvalue weighted by molar-refractivity contribution is 6.30. The Hall–Kier alpha value is -3.52. The van der Waals surface area contributed by atoms with Crippen molar-refractivity contribution in [1.82, 2.24) is 9.97 Å². The van der Waals surface area contributed by atoms with E-state index in [0.29, 0.717) is 10.7 Å². The molecule has 7 nitrogen and oxygen atoms in total.